The summed E-state index contributed by atoms with van der Waals surface area (Å²) in [7, 11) is 0. The van der Waals surface area contributed by atoms with Crippen molar-refractivity contribution in [3.05, 3.63) is 28.0 Å². The van der Waals surface area contributed by atoms with E-state index in [1.165, 1.54) is 0 Å². The van der Waals surface area contributed by atoms with Gasteiger partial charge in [-0.05, 0) is 28.9 Å². The first kappa shape index (κ1) is 12.0. The van der Waals surface area contributed by atoms with Crippen LogP contribution < -0.4 is 0 Å². The van der Waals surface area contributed by atoms with Crippen LogP contribution in [-0.2, 0) is 13.2 Å². The molecule has 1 aromatic heterocycles. The molecule has 0 amide bonds. The standard InChI is InChI=1S/C11H14BrFN2O/c1-11(16)6-15(7-11)5-10-8(3-13)2-9(12)4-14-10/h2,4,16H,3,5-7H2,1H3. The number of hydrogen-bond acceptors (Lipinski definition) is 3. The molecule has 1 saturated heterocycles. The molecule has 0 bridgehead atoms. The van der Waals surface area contributed by atoms with Crippen LogP contribution in [0.3, 0.4) is 0 Å². The lowest BCUT2D eigenvalue weighted by molar-refractivity contribution is -0.0876. The average molecular weight is 289 g/mol. The van der Waals surface area contributed by atoms with Crippen LogP contribution in [0.2, 0.25) is 0 Å². The fourth-order valence-electron chi connectivity index (χ4n) is 2.01. The first-order valence-corrected chi connectivity index (χ1v) is 5.93. The van der Waals surface area contributed by atoms with E-state index in [-0.39, 0.29) is 0 Å². The molecular weight excluding hydrogens is 275 g/mol. The molecule has 0 aromatic carbocycles. The first-order chi connectivity index (χ1) is 7.50. The van der Waals surface area contributed by atoms with Gasteiger partial charge in [0.05, 0.1) is 11.3 Å². The van der Waals surface area contributed by atoms with E-state index in [0.717, 1.165) is 10.2 Å². The van der Waals surface area contributed by atoms with Crippen molar-refractivity contribution >= 4 is 15.9 Å². The lowest BCUT2D eigenvalue weighted by Crippen LogP contribution is -2.59. The Labute approximate surface area is 102 Å². The molecular formula is C11H14BrFN2O. The molecule has 2 rings (SSSR count). The maximum atomic E-state index is 12.8. The second-order valence-electron chi connectivity index (χ2n) is 4.54. The Bertz CT molecular complexity index is 390. The number of halogens is 2. The van der Waals surface area contributed by atoms with Crippen molar-refractivity contribution in [2.24, 2.45) is 0 Å². The van der Waals surface area contributed by atoms with Gasteiger partial charge in [0.15, 0.2) is 0 Å². The molecule has 2 heterocycles. The van der Waals surface area contributed by atoms with Crippen LogP contribution in [0.25, 0.3) is 0 Å². The molecule has 0 spiro atoms. The second-order valence-corrected chi connectivity index (χ2v) is 5.45. The number of rotatable bonds is 3. The van der Waals surface area contributed by atoms with Gasteiger partial charge in [-0.1, -0.05) is 0 Å². The molecule has 16 heavy (non-hydrogen) atoms. The first-order valence-electron chi connectivity index (χ1n) is 5.14. The minimum absolute atomic E-state index is 0.508. The topological polar surface area (TPSA) is 36.4 Å². The fourth-order valence-corrected chi connectivity index (χ4v) is 2.39. The number of alkyl halides is 1. The Balaban J connectivity index is 2.05. The number of nitrogens with zero attached hydrogens (tertiary/aromatic N) is 2. The number of β-amino-alcohol motifs (C(OH)–C–C–N with tert-alkyl or cyclic N) is 1. The Kier molecular flexibility index (Phi) is 3.28. The Hall–Kier alpha value is -0.520. The Morgan fingerprint density at radius 3 is 2.88 bits per heavy atom. The molecule has 0 atom stereocenters. The van der Waals surface area contributed by atoms with Crippen molar-refractivity contribution in [3.8, 4) is 0 Å². The van der Waals surface area contributed by atoms with E-state index in [4.69, 9.17) is 0 Å². The third-order valence-electron chi connectivity index (χ3n) is 2.67. The summed E-state index contributed by atoms with van der Waals surface area (Å²) in [4.78, 5) is 6.26. The van der Waals surface area contributed by atoms with Crippen LogP contribution in [0.4, 0.5) is 4.39 Å². The van der Waals surface area contributed by atoms with Gasteiger partial charge in [-0.2, -0.15) is 0 Å². The molecule has 3 nitrogen and oxygen atoms in total. The largest absolute Gasteiger partial charge is 0.388 e. The van der Waals surface area contributed by atoms with Gasteiger partial charge < -0.3 is 5.11 Å². The van der Waals surface area contributed by atoms with Crippen LogP contribution in [0.5, 0.6) is 0 Å². The van der Waals surface area contributed by atoms with Gasteiger partial charge in [0.2, 0.25) is 0 Å². The summed E-state index contributed by atoms with van der Waals surface area (Å²) in [5.74, 6) is 0. The fraction of sp³-hybridized carbons (Fsp3) is 0.545. The van der Waals surface area contributed by atoms with Crippen molar-refractivity contribution in [1.29, 1.82) is 0 Å². The van der Waals surface area contributed by atoms with Crippen LogP contribution >= 0.6 is 15.9 Å². The van der Waals surface area contributed by atoms with Gasteiger partial charge in [0.1, 0.15) is 6.67 Å². The molecule has 1 fully saturated rings. The quantitative estimate of drug-likeness (QED) is 0.923. The molecule has 1 aliphatic rings. The Morgan fingerprint density at radius 1 is 1.62 bits per heavy atom. The average Bonchev–Trinajstić information content (AvgIpc) is 2.18. The third-order valence-corrected chi connectivity index (χ3v) is 3.11. The van der Waals surface area contributed by atoms with Crippen LogP contribution in [0, 0.1) is 0 Å². The van der Waals surface area contributed by atoms with E-state index < -0.39 is 12.3 Å². The van der Waals surface area contributed by atoms with Crippen molar-refractivity contribution < 1.29 is 9.50 Å². The van der Waals surface area contributed by atoms with Crippen LogP contribution in [0.15, 0.2) is 16.7 Å². The normalized spacial score (nSPS) is 19.5. The van der Waals surface area contributed by atoms with Gasteiger partial charge in [-0.25, -0.2) is 4.39 Å². The number of aromatic nitrogens is 1. The zero-order valence-electron chi connectivity index (χ0n) is 9.08. The smallest absolute Gasteiger partial charge is 0.116 e. The SMILES string of the molecule is CC1(O)CN(Cc2ncc(Br)cc2CF)C1. The van der Waals surface area contributed by atoms with Gasteiger partial charge in [-0.3, -0.25) is 9.88 Å². The van der Waals surface area contributed by atoms with Crippen LogP contribution in [-0.4, -0.2) is 33.7 Å². The van der Waals surface area contributed by atoms with Gasteiger partial charge in [-0.15, -0.1) is 0 Å². The Morgan fingerprint density at radius 2 is 2.31 bits per heavy atom. The molecule has 0 aliphatic carbocycles. The molecule has 0 unspecified atom stereocenters. The van der Waals surface area contributed by atoms with E-state index in [1.807, 2.05) is 0 Å². The predicted octanol–water partition coefficient (Wildman–Crippen LogP) is 1.88. The summed E-state index contributed by atoms with van der Waals surface area (Å²) in [6, 6.07) is 1.75. The summed E-state index contributed by atoms with van der Waals surface area (Å²) in [5, 5.41) is 9.59. The number of likely N-dealkylation sites (tertiary alicyclic amines) is 1. The second kappa shape index (κ2) is 4.39. The summed E-state index contributed by atoms with van der Waals surface area (Å²) in [5.41, 5.74) is 0.771. The number of aliphatic hydroxyl groups is 1. The minimum Gasteiger partial charge on any atom is -0.388 e. The van der Waals surface area contributed by atoms with E-state index in [9.17, 15) is 9.50 Å². The zero-order valence-corrected chi connectivity index (χ0v) is 10.7. The zero-order chi connectivity index (χ0) is 11.8. The maximum absolute atomic E-state index is 12.8. The molecule has 1 N–H and O–H groups in total. The van der Waals surface area contributed by atoms with Gasteiger partial charge >= 0.3 is 0 Å². The van der Waals surface area contributed by atoms with Crippen molar-refractivity contribution in [2.45, 2.75) is 25.7 Å². The van der Waals surface area contributed by atoms with E-state index in [0.29, 0.717) is 25.2 Å². The highest BCUT2D eigenvalue weighted by molar-refractivity contribution is 9.10. The summed E-state index contributed by atoms with van der Waals surface area (Å²) < 4.78 is 13.6. The van der Waals surface area contributed by atoms with Crippen molar-refractivity contribution in [1.82, 2.24) is 9.88 Å². The van der Waals surface area contributed by atoms with Crippen LogP contribution in [0.1, 0.15) is 18.2 Å². The minimum atomic E-state index is -0.592. The molecule has 1 aliphatic heterocycles. The maximum Gasteiger partial charge on any atom is 0.116 e. The summed E-state index contributed by atoms with van der Waals surface area (Å²) in [6.07, 6.45) is 1.67. The lowest BCUT2D eigenvalue weighted by Gasteiger charge is -2.44. The molecule has 0 radical (unpaired) electrons. The van der Waals surface area contributed by atoms with Crippen molar-refractivity contribution in [2.75, 3.05) is 13.1 Å². The number of hydrogen-bond donors (Lipinski definition) is 1. The molecule has 0 saturated carbocycles. The highest BCUT2D eigenvalue weighted by atomic mass is 79.9. The third kappa shape index (κ3) is 2.59. The summed E-state index contributed by atoms with van der Waals surface area (Å²) in [6.45, 7) is 3.14. The van der Waals surface area contributed by atoms with E-state index in [1.54, 1.807) is 19.2 Å². The molecule has 5 heteroatoms. The monoisotopic (exact) mass is 288 g/mol. The highest BCUT2D eigenvalue weighted by Gasteiger charge is 2.36. The predicted molar refractivity (Wildman–Crippen MR) is 62.6 cm³/mol. The summed E-state index contributed by atoms with van der Waals surface area (Å²) >= 11 is 3.27. The lowest BCUT2D eigenvalue weighted by atomic mass is 9.96. The van der Waals surface area contributed by atoms with E-state index >= 15 is 0 Å². The van der Waals surface area contributed by atoms with Gasteiger partial charge in [0, 0.05) is 35.9 Å². The molecule has 88 valence electrons. The highest BCUT2D eigenvalue weighted by Crippen LogP contribution is 2.23. The number of pyridine rings is 1. The van der Waals surface area contributed by atoms with E-state index in [2.05, 4.69) is 25.8 Å². The van der Waals surface area contributed by atoms with Gasteiger partial charge in [0.25, 0.3) is 0 Å². The van der Waals surface area contributed by atoms with Crippen molar-refractivity contribution in [3.63, 3.8) is 0 Å². The molecule has 1 aromatic rings.